The summed E-state index contributed by atoms with van der Waals surface area (Å²) in [6.07, 6.45) is 2.55. The van der Waals surface area contributed by atoms with Gasteiger partial charge in [0.1, 0.15) is 5.60 Å². The van der Waals surface area contributed by atoms with Crippen molar-refractivity contribution in [2.45, 2.75) is 51.7 Å². The monoisotopic (exact) mass is 272 g/mol. The van der Waals surface area contributed by atoms with Crippen molar-refractivity contribution in [3.63, 3.8) is 0 Å². The van der Waals surface area contributed by atoms with Crippen LogP contribution in [0.5, 0.6) is 0 Å². The fourth-order valence-electron chi connectivity index (χ4n) is 2.32. The summed E-state index contributed by atoms with van der Waals surface area (Å²) in [6.45, 7) is 8.32. The van der Waals surface area contributed by atoms with Crippen molar-refractivity contribution in [1.82, 2.24) is 9.80 Å². The van der Waals surface area contributed by atoms with Gasteiger partial charge in [0.25, 0.3) is 0 Å². The first-order chi connectivity index (χ1) is 8.83. The van der Waals surface area contributed by atoms with E-state index in [-0.39, 0.29) is 12.7 Å². The third-order valence-corrected chi connectivity index (χ3v) is 3.41. The SMILES string of the molecule is CN(CCCO)C1CCN(C(=O)OC(C)(C)C)CC1. The van der Waals surface area contributed by atoms with Crippen LogP contribution in [0.4, 0.5) is 4.79 Å². The highest BCUT2D eigenvalue weighted by molar-refractivity contribution is 5.68. The normalized spacial score (nSPS) is 17.9. The number of piperidine rings is 1. The molecule has 0 bridgehead atoms. The first-order valence-electron chi connectivity index (χ1n) is 7.12. The first kappa shape index (κ1) is 16.2. The second-order valence-electron chi connectivity index (χ2n) is 6.26. The number of amides is 1. The van der Waals surface area contributed by atoms with Crippen molar-refractivity contribution in [3.05, 3.63) is 0 Å². The van der Waals surface area contributed by atoms with Gasteiger partial charge in [-0.3, -0.25) is 0 Å². The molecule has 1 amide bonds. The van der Waals surface area contributed by atoms with E-state index in [1.165, 1.54) is 0 Å². The van der Waals surface area contributed by atoms with E-state index in [1.54, 1.807) is 4.90 Å². The number of aliphatic hydroxyl groups is 1. The molecule has 1 rings (SSSR count). The lowest BCUT2D eigenvalue weighted by Gasteiger charge is -2.37. The van der Waals surface area contributed by atoms with Crippen LogP contribution in [0.25, 0.3) is 0 Å². The molecule has 19 heavy (non-hydrogen) atoms. The minimum atomic E-state index is -0.425. The molecule has 0 radical (unpaired) electrons. The lowest BCUT2D eigenvalue weighted by Crippen LogP contribution is -2.47. The van der Waals surface area contributed by atoms with Gasteiger partial charge >= 0.3 is 6.09 Å². The van der Waals surface area contributed by atoms with Crippen LogP contribution in [0.2, 0.25) is 0 Å². The van der Waals surface area contributed by atoms with Gasteiger partial charge in [-0.15, -0.1) is 0 Å². The van der Waals surface area contributed by atoms with E-state index in [9.17, 15) is 4.79 Å². The van der Waals surface area contributed by atoms with E-state index in [0.29, 0.717) is 6.04 Å². The van der Waals surface area contributed by atoms with Crippen LogP contribution in [0.15, 0.2) is 0 Å². The highest BCUT2D eigenvalue weighted by Crippen LogP contribution is 2.18. The quantitative estimate of drug-likeness (QED) is 0.846. The average Bonchev–Trinajstić information content (AvgIpc) is 2.34. The van der Waals surface area contributed by atoms with Crippen LogP contribution in [0.3, 0.4) is 0 Å². The molecular formula is C14H28N2O3. The second-order valence-corrected chi connectivity index (χ2v) is 6.26. The zero-order valence-electron chi connectivity index (χ0n) is 12.7. The number of carbonyl (C=O) groups is 1. The summed E-state index contributed by atoms with van der Waals surface area (Å²) >= 11 is 0. The van der Waals surface area contributed by atoms with Crippen molar-refractivity contribution in [2.75, 3.05) is 33.3 Å². The summed E-state index contributed by atoms with van der Waals surface area (Å²) < 4.78 is 5.38. The van der Waals surface area contributed by atoms with Crippen LogP contribution in [-0.2, 0) is 4.74 Å². The first-order valence-corrected chi connectivity index (χ1v) is 7.12. The number of aliphatic hydroxyl groups excluding tert-OH is 1. The van der Waals surface area contributed by atoms with Crippen molar-refractivity contribution in [3.8, 4) is 0 Å². The Bertz CT molecular complexity index is 281. The van der Waals surface area contributed by atoms with Gasteiger partial charge in [-0.2, -0.15) is 0 Å². The van der Waals surface area contributed by atoms with E-state index in [1.807, 2.05) is 20.8 Å². The molecule has 0 aromatic carbocycles. The summed E-state index contributed by atoms with van der Waals surface area (Å²) in [5.74, 6) is 0. The van der Waals surface area contributed by atoms with Gasteiger partial charge in [-0.05, 0) is 47.1 Å². The van der Waals surface area contributed by atoms with Crippen molar-refractivity contribution < 1.29 is 14.6 Å². The summed E-state index contributed by atoms with van der Waals surface area (Å²) in [6, 6.07) is 0.505. The molecule has 1 saturated heterocycles. The number of ether oxygens (including phenoxy) is 1. The van der Waals surface area contributed by atoms with Crippen LogP contribution in [0.1, 0.15) is 40.0 Å². The Morgan fingerprint density at radius 3 is 2.42 bits per heavy atom. The van der Waals surface area contributed by atoms with E-state index >= 15 is 0 Å². The van der Waals surface area contributed by atoms with Gasteiger partial charge in [0.2, 0.25) is 0 Å². The highest BCUT2D eigenvalue weighted by atomic mass is 16.6. The molecule has 1 aliphatic heterocycles. The van der Waals surface area contributed by atoms with Gasteiger partial charge in [0, 0.05) is 32.3 Å². The summed E-state index contributed by atoms with van der Waals surface area (Å²) in [5.41, 5.74) is -0.425. The molecule has 1 fully saturated rings. The molecule has 0 aromatic rings. The number of nitrogens with zero attached hydrogens (tertiary/aromatic N) is 2. The van der Waals surface area contributed by atoms with Crippen LogP contribution in [0, 0.1) is 0 Å². The van der Waals surface area contributed by atoms with Crippen molar-refractivity contribution in [1.29, 1.82) is 0 Å². The lowest BCUT2D eigenvalue weighted by molar-refractivity contribution is 0.0155. The molecule has 0 saturated carbocycles. The highest BCUT2D eigenvalue weighted by Gasteiger charge is 2.28. The summed E-state index contributed by atoms with van der Waals surface area (Å²) in [7, 11) is 2.09. The molecule has 0 atom stereocenters. The number of carbonyl (C=O) groups excluding carboxylic acids is 1. The van der Waals surface area contributed by atoms with E-state index in [0.717, 1.165) is 38.9 Å². The molecular weight excluding hydrogens is 244 g/mol. The Labute approximate surface area is 116 Å². The Balaban J connectivity index is 2.34. The van der Waals surface area contributed by atoms with Crippen LogP contribution < -0.4 is 0 Å². The Kier molecular flexibility index (Phi) is 6.07. The maximum absolute atomic E-state index is 11.9. The molecule has 1 aliphatic rings. The molecule has 5 nitrogen and oxygen atoms in total. The number of rotatable bonds is 4. The number of likely N-dealkylation sites (tertiary alicyclic amines) is 1. The smallest absolute Gasteiger partial charge is 0.410 e. The standard InChI is InChI=1S/C14H28N2O3/c1-14(2,3)19-13(18)16-9-6-12(7-10-16)15(4)8-5-11-17/h12,17H,5-11H2,1-4H3. The maximum atomic E-state index is 11.9. The second kappa shape index (κ2) is 7.10. The molecule has 0 aliphatic carbocycles. The maximum Gasteiger partial charge on any atom is 0.410 e. The van der Waals surface area contributed by atoms with Gasteiger partial charge in [-0.25, -0.2) is 4.79 Å². The predicted octanol–water partition coefficient (Wildman–Crippen LogP) is 1.70. The summed E-state index contributed by atoms with van der Waals surface area (Å²) in [4.78, 5) is 16.0. The van der Waals surface area contributed by atoms with E-state index in [4.69, 9.17) is 9.84 Å². The Hall–Kier alpha value is -0.810. The largest absolute Gasteiger partial charge is 0.444 e. The van der Waals surface area contributed by atoms with Crippen molar-refractivity contribution in [2.24, 2.45) is 0 Å². The van der Waals surface area contributed by atoms with Gasteiger partial charge < -0.3 is 19.6 Å². The number of hydrogen-bond donors (Lipinski definition) is 1. The Morgan fingerprint density at radius 2 is 1.95 bits per heavy atom. The van der Waals surface area contributed by atoms with Crippen molar-refractivity contribution >= 4 is 6.09 Å². The fourth-order valence-corrected chi connectivity index (χ4v) is 2.32. The molecule has 0 aromatic heterocycles. The molecule has 0 unspecified atom stereocenters. The van der Waals surface area contributed by atoms with Gasteiger partial charge in [0.15, 0.2) is 0 Å². The Morgan fingerprint density at radius 1 is 1.37 bits per heavy atom. The minimum absolute atomic E-state index is 0.205. The van der Waals surface area contributed by atoms with Gasteiger partial charge in [0.05, 0.1) is 0 Å². The lowest BCUT2D eigenvalue weighted by atomic mass is 10.0. The molecule has 0 spiro atoms. The topological polar surface area (TPSA) is 53.0 Å². The van der Waals surface area contributed by atoms with E-state index in [2.05, 4.69) is 11.9 Å². The predicted molar refractivity (Wildman–Crippen MR) is 75.2 cm³/mol. The zero-order chi connectivity index (χ0) is 14.5. The molecule has 1 N–H and O–H groups in total. The van der Waals surface area contributed by atoms with Crippen LogP contribution in [-0.4, -0.2) is 65.9 Å². The van der Waals surface area contributed by atoms with Gasteiger partial charge in [-0.1, -0.05) is 0 Å². The zero-order valence-corrected chi connectivity index (χ0v) is 12.7. The minimum Gasteiger partial charge on any atom is -0.444 e. The van der Waals surface area contributed by atoms with E-state index < -0.39 is 5.60 Å². The fraction of sp³-hybridized carbons (Fsp3) is 0.929. The van der Waals surface area contributed by atoms with Crippen LogP contribution >= 0.6 is 0 Å². The molecule has 5 heteroatoms. The molecule has 112 valence electrons. The third kappa shape index (κ3) is 5.78. The molecule has 1 heterocycles. The third-order valence-electron chi connectivity index (χ3n) is 3.41. The summed E-state index contributed by atoms with van der Waals surface area (Å²) in [5, 5.41) is 8.84. The average molecular weight is 272 g/mol. The number of hydrogen-bond acceptors (Lipinski definition) is 4.